The minimum absolute atomic E-state index is 0. The van der Waals surface area contributed by atoms with E-state index in [0.29, 0.717) is 29.4 Å². The van der Waals surface area contributed by atoms with Gasteiger partial charge in [-0.2, -0.15) is 0 Å². The van der Waals surface area contributed by atoms with Gasteiger partial charge in [-0.15, -0.1) is 24.0 Å². The van der Waals surface area contributed by atoms with Gasteiger partial charge in [0.15, 0.2) is 5.96 Å². The molecule has 3 fully saturated rings. The molecule has 2 aliphatic carbocycles. The normalized spacial score (nSPS) is 31.1. The molecule has 3 rings (SSSR count). The molecule has 1 aliphatic heterocycles. The molecule has 5 heteroatoms. The number of rotatable bonds is 6. The van der Waals surface area contributed by atoms with E-state index in [0.717, 1.165) is 25.7 Å². The van der Waals surface area contributed by atoms with Gasteiger partial charge >= 0.3 is 0 Å². The molecule has 134 valence electrons. The number of ether oxygens (including phenoxy) is 1. The van der Waals surface area contributed by atoms with Crippen LogP contribution in [0, 0.1) is 17.3 Å². The zero-order valence-corrected chi connectivity index (χ0v) is 17.3. The molecule has 3 aliphatic rings. The standard InChI is InChI=1S/C18H33N3O.HI/c1-4-13(5-2)12-20-17(19-6-3)21-15-14-8-11-22-16(14)18(15)9-7-10-18;/h13-16H,4-12H2,1-3H3,(H2,19,20,21);1H. The second-order valence-electron chi connectivity index (χ2n) is 7.35. The lowest BCUT2D eigenvalue weighted by Crippen LogP contribution is -2.72. The Morgan fingerprint density at radius 3 is 2.57 bits per heavy atom. The third-order valence-electron chi connectivity index (χ3n) is 6.33. The van der Waals surface area contributed by atoms with Gasteiger partial charge in [0.2, 0.25) is 0 Å². The van der Waals surface area contributed by atoms with Crippen molar-refractivity contribution in [3.63, 3.8) is 0 Å². The number of guanidine groups is 1. The number of aliphatic imine (C=N–C) groups is 1. The summed E-state index contributed by atoms with van der Waals surface area (Å²) in [5.41, 5.74) is 0.423. The number of nitrogens with one attached hydrogen (secondary N) is 2. The first kappa shape index (κ1) is 19.3. The molecule has 23 heavy (non-hydrogen) atoms. The number of nitrogens with zero attached hydrogens (tertiary/aromatic N) is 1. The summed E-state index contributed by atoms with van der Waals surface area (Å²) in [7, 11) is 0. The number of halogens is 1. The summed E-state index contributed by atoms with van der Waals surface area (Å²) in [5, 5.41) is 7.23. The van der Waals surface area contributed by atoms with E-state index in [-0.39, 0.29) is 24.0 Å². The third-order valence-corrected chi connectivity index (χ3v) is 6.33. The van der Waals surface area contributed by atoms with Crippen LogP contribution < -0.4 is 10.6 Å². The molecule has 0 aromatic rings. The fourth-order valence-corrected chi connectivity index (χ4v) is 4.69. The van der Waals surface area contributed by atoms with Crippen molar-refractivity contribution in [1.82, 2.24) is 10.6 Å². The van der Waals surface area contributed by atoms with Crippen molar-refractivity contribution in [1.29, 1.82) is 0 Å². The fourth-order valence-electron chi connectivity index (χ4n) is 4.69. The van der Waals surface area contributed by atoms with Crippen molar-refractivity contribution in [2.45, 2.75) is 71.4 Å². The highest BCUT2D eigenvalue weighted by Gasteiger charge is 2.66. The van der Waals surface area contributed by atoms with Gasteiger partial charge in [-0.05, 0) is 32.1 Å². The topological polar surface area (TPSA) is 45.7 Å². The predicted octanol–water partition coefficient (Wildman–Crippen LogP) is 3.55. The minimum atomic E-state index is 0. The first-order valence-corrected chi connectivity index (χ1v) is 9.41. The van der Waals surface area contributed by atoms with E-state index in [1.54, 1.807) is 0 Å². The molecule has 1 heterocycles. The van der Waals surface area contributed by atoms with Gasteiger partial charge < -0.3 is 15.4 Å². The van der Waals surface area contributed by atoms with Crippen LogP contribution in [0.3, 0.4) is 0 Å². The van der Waals surface area contributed by atoms with Crippen molar-refractivity contribution in [2.75, 3.05) is 19.7 Å². The molecule has 0 amide bonds. The van der Waals surface area contributed by atoms with E-state index in [2.05, 4.69) is 31.4 Å². The molecule has 3 atom stereocenters. The summed E-state index contributed by atoms with van der Waals surface area (Å²) in [4.78, 5) is 4.87. The second kappa shape index (κ2) is 8.37. The quantitative estimate of drug-likeness (QED) is 0.381. The highest BCUT2D eigenvalue weighted by molar-refractivity contribution is 14.0. The molecular formula is C18H34IN3O. The van der Waals surface area contributed by atoms with Crippen molar-refractivity contribution in [2.24, 2.45) is 22.2 Å². The first-order valence-electron chi connectivity index (χ1n) is 9.41. The monoisotopic (exact) mass is 435 g/mol. The van der Waals surface area contributed by atoms with E-state index in [1.807, 2.05) is 0 Å². The molecule has 2 saturated carbocycles. The average molecular weight is 435 g/mol. The van der Waals surface area contributed by atoms with Crippen LogP contribution in [0.2, 0.25) is 0 Å². The molecule has 3 unspecified atom stereocenters. The molecule has 0 bridgehead atoms. The molecule has 0 aromatic carbocycles. The van der Waals surface area contributed by atoms with E-state index in [9.17, 15) is 0 Å². The number of hydrogen-bond donors (Lipinski definition) is 2. The van der Waals surface area contributed by atoms with E-state index < -0.39 is 0 Å². The fraction of sp³-hybridized carbons (Fsp3) is 0.944. The second-order valence-corrected chi connectivity index (χ2v) is 7.35. The van der Waals surface area contributed by atoms with Crippen molar-refractivity contribution < 1.29 is 4.74 Å². The maximum Gasteiger partial charge on any atom is 0.191 e. The zero-order chi connectivity index (χ0) is 15.6. The Balaban J connectivity index is 0.00000192. The Hall–Kier alpha value is -0.0400. The van der Waals surface area contributed by atoms with Gasteiger partial charge in [0.25, 0.3) is 0 Å². The molecule has 4 nitrogen and oxygen atoms in total. The maximum atomic E-state index is 6.01. The zero-order valence-electron chi connectivity index (χ0n) is 14.9. The summed E-state index contributed by atoms with van der Waals surface area (Å²) in [6, 6.07) is 0.577. The van der Waals surface area contributed by atoms with E-state index >= 15 is 0 Å². The largest absolute Gasteiger partial charge is 0.377 e. The Morgan fingerprint density at radius 2 is 2.00 bits per heavy atom. The van der Waals surface area contributed by atoms with Crippen LogP contribution in [-0.4, -0.2) is 37.8 Å². The molecule has 0 radical (unpaired) electrons. The Kier molecular flexibility index (Phi) is 7.01. The average Bonchev–Trinajstić information content (AvgIpc) is 2.89. The highest BCUT2D eigenvalue weighted by Crippen LogP contribution is 2.62. The van der Waals surface area contributed by atoms with Gasteiger partial charge in [-0.3, -0.25) is 4.99 Å². The van der Waals surface area contributed by atoms with E-state index in [1.165, 1.54) is 38.5 Å². The van der Waals surface area contributed by atoms with Gasteiger partial charge in [0.1, 0.15) is 0 Å². The predicted molar refractivity (Wildman–Crippen MR) is 107 cm³/mol. The Morgan fingerprint density at radius 1 is 1.26 bits per heavy atom. The summed E-state index contributed by atoms with van der Waals surface area (Å²) in [6.07, 6.45) is 8.20. The summed E-state index contributed by atoms with van der Waals surface area (Å²) in [5.74, 6) is 2.44. The van der Waals surface area contributed by atoms with Crippen LogP contribution in [0.4, 0.5) is 0 Å². The lowest BCUT2D eigenvalue weighted by molar-refractivity contribution is -0.171. The minimum Gasteiger partial charge on any atom is -0.377 e. The summed E-state index contributed by atoms with van der Waals surface area (Å²) >= 11 is 0. The van der Waals surface area contributed by atoms with Crippen LogP contribution in [0.15, 0.2) is 4.99 Å². The van der Waals surface area contributed by atoms with E-state index in [4.69, 9.17) is 9.73 Å². The number of fused-ring (bicyclic) bond motifs is 2. The molecule has 0 aromatic heterocycles. The summed E-state index contributed by atoms with van der Waals surface area (Å²) in [6.45, 7) is 9.50. The summed E-state index contributed by atoms with van der Waals surface area (Å²) < 4.78 is 6.01. The van der Waals surface area contributed by atoms with Gasteiger partial charge in [0.05, 0.1) is 6.10 Å². The van der Waals surface area contributed by atoms with Crippen molar-refractivity contribution in [3.8, 4) is 0 Å². The van der Waals surface area contributed by atoms with Gasteiger partial charge in [-0.1, -0.05) is 33.1 Å². The number of hydrogen-bond acceptors (Lipinski definition) is 2. The lowest BCUT2D eigenvalue weighted by atomic mass is 9.46. The molecule has 1 spiro atoms. The molecular weight excluding hydrogens is 401 g/mol. The third kappa shape index (κ3) is 3.51. The van der Waals surface area contributed by atoms with Crippen LogP contribution in [0.5, 0.6) is 0 Å². The van der Waals surface area contributed by atoms with Gasteiger partial charge in [0, 0.05) is 37.1 Å². The first-order chi connectivity index (χ1) is 10.7. The van der Waals surface area contributed by atoms with Crippen LogP contribution in [-0.2, 0) is 4.74 Å². The maximum absolute atomic E-state index is 6.01. The van der Waals surface area contributed by atoms with Crippen LogP contribution in [0.1, 0.15) is 59.3 Å². The van der Waals surface area contributed by atoms with Crippen molar-refractivity contribution >= 4 is 29.9 Å². The van der Waals surface area contributed by atoms with Crippen molar-refractivity contribution in [3.05, 3.63) is 0 Å². The molecule has 2 N–H and O–H groups in total. The Bertz CT molecular complexity index is 407. The molecule has 1 saturated heterocycles. The SMILES string of the molecule is CCNC(=NCC(CC)CC)NC1C2CCOC2C12CCC2.I. The Labute approximate surface area is 158 Å². The smallest absolute Gasteiger partial charge is 0.191 e. The van der Waals surface area contributed by atoms with Crippen LogP contribution >= 0.6 is 24.0 Å². The van der Waals surface area contributed by atoms with Gasteiger partial charge in [-0.25, -0.2) is 0 Å². The highest BCUT2D eigenvalue weighted by atomic mass is 127. The lowest BCUT2D eigenvalue weighted by Gasteiger charge is -2.63. The van der Waals surface area contributed by atoms with Crippen LogP contribution in [0.25, 0.3) is 0 Å².